The number of aromatic hydroxyl groups is 1. The summed E-state index contributed by atoms with van der Waals surface area (Å²) >= 11 is 5.82. The fourth-order valence-corrected chi connectivity index (χ4v) is 2.77. The Labute approximate surface area is 146 Å². The number of nitrogens with zero attached hydrogens (tertiary/aromatic N) is 2. The first-order chi connectivity index (χ1) is 12.1. The maximum Gasteiger partial charge on any atom is 0.368 e. The molecule has 0 saturated carbocycles. The summed E-state index contributed by atoms with van der Waals surface area (Å²) < 4.78 is 5.30. The lowest BCUT2D eigenvalue weighted by atomic mass is 10.0. The molecule has 0 spiro atoms. The van der Waals surface area contributed by atoms with E-state index in [0.717, 1.165) is 10.8 Å². The highest BCUT2D eigenvalue weighted by molar-refractivity contribution is 6.30. The van der Waals surface area contributed by atoms with Gasteiger partial charge in [-0.1, -0.05) is 41.9 Å². The highest BCUT2D eigenvalue weighted by Gasteiger charge is 2.16. The Bertz CT molecular complexity index is 1180. The molecule has 0 aliphatic carbocycles. The summed E-state index contributed by atoms with van der Waals surface area (Å²) in [5.74, 6) is -0.249. The molecule has 0 atom stereocenters. The molecule has 1 aromatic heterocycles. The molecular weight excluding hydrogens is 340 g/mol. The zero-order chi connectivity index (χ0) is 17.4. The van der Waals surface area contributed by atoms with Gasteiger partial charge in [0, 0.05) is 5.02 Å². The van der Waals surface area contributed by atoms with Crippen LogP contribution in [0.4, 0.5) is 11.4 Å². The number of hydrogen-bond donors (Lipinski definition) is 1. The van der Waals surface area contributed by atoms with Gasteiger partial charge in [-0.05, 0) is 41.1 Å². The van der Waals surface area contributed by atoms with E-state index >= 15 is 0 Å². The topological polar surface area (TPSA) is 75.2 Å². The SMILES string of the molecule is O=c1oc2ccc3ccccc3c2c(O)c1N=Nc1ccc(Cl)cc1. The molecule has 4 aromatic rings. The van der Waals surface area contributed by atoms with Crippen LogP contribution >= 0.6 is 11.6 Å². The van der Waals surface area contributed by atoms with Crippen LogP contribution in [-0.2, 0) is 0 Å². The van der Waals surface area contributed by atoms with Gasteiger partial charge < -0.3 is 9.52 Å². The highest BCUT2D eigenvalue weighted by Crippen LogP contribution is 2.37. The first-order valence-corrected chi connectivity index (χ1v) is 7.86. The normalized spacial score (nSPS) is 11.6. The number of fused-ring (bicyclic) bond motifs is 3. The predicted octanol–water partition coefficient (Wildman–Crippen LogP) is 5.72. The molecule has 0 radical (unpaired) electrons. The van der Waals surface area contributed by atoms with Crippen LogP contribution in [0.25, 0.3) is 21.7 Å². The van der Waals surface area contributed by atoms with E-state index in [4.69, 9.17) is 16.0 Å². The minimum Gasteiger partial charge on any atom is -0.505 e. The summed E-state index contributed by atoms with van der Waals surface area (Å²) in [4.78, 5) is 12.2. The van der Waals surface area contributed by atoms with Crippen molar-refractivity contribution in [3.8, 4) is 5.75 Å². The van der Waals surface area contributed by atoms with Crippen molar-refractivity contribution >= 4 is 44.7 Å². The Balaban J connectivity index is 1.93. The van der Waals surface area contributed by atoms with E-state index in [0.29, 0.717) is 21.7 Å². The van der Waals surface area contributed by atoms with Gasteiger partial charge in [0.15, 0.2) is 5.75 Å². The van der Waals surface area contributed by atoms with E-state index in [1.54, 1.807) is 30.3 Å². The van der Waals surface area contributed by atoms with Gasteiger partial charge in [-0.3, -0.25) is 0 Å². The standard InChI is InChI=1S/C19H11ClN2O3/c20-12-6-8-13(9-7-12)21-22-17-18(23)16-14-4-2-1-3-11(14)5-10-15(16)25-19(17)24/h1-10,23H. The van der Waals surface area contributed by atoms with Crippen LogP contribution in [0.1, 0.15) is 0 Å². The van der Waals surface area contributed by atoms with Crippen LogP contribution < -0.4 is 5.63 Å². The Morgan fingerprint density at radius 1 is 0.920 bits per heavy atom. The zero-order valence-corrected chi connectivity index (χ0v) is 13.6. The summed E-state index contributed by atoms with van der Waals surface area (Å²) in [6.45, 7) is 0. The smallest absolute Gasteiger partial charge is 0.368 e. The molecule has 6 heteroatoms. The number of rotatable bonds is 2. The average Bonchev–Trinajstić information content (AvgIpc) is 2.62. The average molecular weight is 351 g/mol. The summed E-state index contributed by atoms with van der Waals surface area (Å²) in [6, 6.07) is 17.6. The lowest BCUT2D eigenvalue weighted by Gasteiger charge is -2.06. The molecule has 0 unspecified atom stereocenters. The molecule has 0 saturated heterocycles. The van der Waals surface area contributed by atoms with Crippen molar-refractivity contribution in [2.75, 3.05) is 0 Å². The van der Waals surface area contributed by atoms with Crippen molar-refractivity contribution in [1.29, 1.82) is 0 Å². The minimum atomic E-state index is -0.752. The number of halogens is 1. The summed E-state index contributed by atoms with van der Waals surface area (Å²) in [5, 5.41) is 21.2. The molecule has 0 fully saturated rings. The van der Waals surface area contributed by atoms with Crippen molar-refractivity contribution < 1.29 is 9.52 Å². The fraction of sp³-hybridized carbons (Fsp3) is 0. The third-order valence-corrected chi connectivity index (χ3v) is 4.09. The molecule has 0 aliphatic heterocycles. The van der Waals surface area contributed by atoms with Crippen LogP contribution in [0.5, 0.6) is 5.75 Å². The quantitative estimate of drug-likeness (QED) is 0.285. The van der Waals surface area contributed by atoms with Gasteiger partial charge in [0.2, 0.25) is 5.69 Å². The monoisotopic (exact) mass is 350 g/mol. The summed E-state index contributed by atoms with van der Waals surface area (Å²) in [5.41, 5.74) is -0.190. The molecule has 1 heterocycles. The molecule has 0 aliphatic rings. The van der Waals surface area contributed by atoms with Crippen LogP contribution in [-0.4, -0.2) is 5.11 Å². The van der Waals surface area contributed by atoms with Gasteiger partial charge in [-0.25, -0.2) is 4.79 Å². The van der Waals surface area contributed by atoms with Crippen molar-refractivity contribution in [1.82, 2.24) is 0 Å². The van der Waals surface area contributed by atoms with Crippen molar-refractivity contribution in [3.05, 3.63) is 76.1 Å². The molecule has 0 bridgehead atoms. The van der Waals surface area contributed by atoms with Gasteiger partial charge in [0.1, 0.15) is 5.58 Å². The maximum absolute atomic E-state index is 12.2. The fourth-order valence-electron chi connectivity index (χ4n) is 2.65. The van der Waals surface area contributed by atoms with Crippen molar-refractivity contribution in [2.45, 2.75) is 0 Å². The van der Waals surface area contributed by atoms with E-state index in [9.17, 15) is 9.90 Å². The first kappa shape index (κ1) is 15.4. The second kappa shape index (κ2) is 6.03. The lowest BCUT2D eigenvalue weighted by molar-refractivity contribution is 0.470. The van der Waals surface area contributed by atoms with Crippen molar-refractivity contribution in [3.63, 3.8) is 0 Å². The second-order valence-corrected chi connectivity index (χ2v) is 5.86. The van der Waals surface area contributed by atoms with Crippen LogP contribution in [0.2, 0.25) is 5.02 Å². The van der Waals surface area contributed by atoms with Gasteiger partial charge >= 0.3 is 5.63 Å². The van der Waals surface area contributed by atoms with E-state index in [2.05, 4.69) is 10.2 Å². The second-order valence-electron chi connectivity index (χ2n) is 5.42. The first-order valence-electron chi connectivity index (χ1n) is 7.48. The molecule has 122 valence electrons. The largest absolute Gasteiger partial charge is 0.505 e. The Hall–Kier alpha value is -3.18. The Morgan fingerprint density at radius 2 is 1.68 bits per heavy atom. The van der Waals surface area contributed by atoms with E-state index < -0.39 is 5.63 Å². The van der Waals surface area contributed by atoms with Crippen LogP contribution in [0.15, 0.2) is 80.1 Å². The predicted molar refractivity (Wildman–Crippen MR) is 97.3 cm³/mol. The van der Waals surface area contributed by atoms with E-state index in [-0.39, 0.29) is 11.4 Å². The maximum atomic E-state index is 12.2. The molecule has 25 heavy (non-hydrogen) atoms. The van der Waals surface area contributed by atoms with E-state index in [1.807, 2.05) is 30.3 Å². The van der Waals surface area contributed by atoms with E-state index in [1.165, 1.54) is 0 Å². The number of hydrogen-bond acceptors (Lipinski definition) is 5. The number of benzene rings is 3. The number of azo groups is 1. The third-order valence-electron chi connectivity index (χ3n) is 3.84. The molecular formula is C19H11ClN2O3. The van der Waals surface area contributed by atoms with Gasteiger partial charge in [-0.15, -0.1) is 5.11 Å². The Kier molecular flexibility index (Phi) is 3.71. The molecule has 0 amide bonds. The molecule has 3 aromatic carbocycles. The zero-order valence-electron chi connectivity index (χ0n) is 12.8. The van der Waals surface area contributed by atoms with Gasteiger partial charge in [-0.2, -0.15) is 5.11 Å². The van der Waals surface area contributed by atoms with Gasteiger partial charge in [0.25, 0.3) is 0 Å². The highest BCUT2D eigenvalue weighted by atomic mass is 35.5. The molecule has 5 nitrogen and oxygen atoms in total. The van der Waals surface area contributed by atoms with Crippen molar-refractivity contribution in [2.24, 2.45) is 10.2 Å². The summed E-state index contributed by atoms with van der Waals surface area (Å²) in [6.07, 6.45) is 0. The lowest BCUT2D eigenvalue weighted by Crippen LogP contribution is -1.98. The molecule has 4 rings (SSSR count). The minimum absolute atomic E-state index is 0.237. The Morgan fingerprint density at radius 3 is 2.48 bits per heavy atom. The summed E-state index contributed by atoms with van der Waals surface area (Å²) in [7, 11) is 0. The van der Waals surface area contributed by atoms with Crippen LogP contribution in [0, 0.1) is 0 Å². The van der Waals surface area contributed by atoms with Crippen LogP contribution in [0.3, 0.4) is 0 Å². The third kappa shape index (κ3) is 2.75. The van der Waals surface area contributed by atoms with Gasteiger partial charge in [0.05, 0.1) is 11.1 Å². The molecule has 1 N–H and O–H groups in total.